The quantitative estimate of drug-likeness (QED) is 0.621. The van der Waals surface area contributed by atoms with Gasteiger partial charge in [0.15, 0.2) is 0 Å². The first-order chi connectivity index (χ1) is 14.3. The van der Waals surface area contributed by atoms with Crippen LogP contribution in [0.1, 0.15) is 27.5 Å². The van der Waals surface area contributed by atoms with Gasteiger partial charge < -0.3 is 22.0 Å². The van der Waals surface area contributed by atoms with Crippen LogP contribution >= 0.6 is 0 Å². The maximum absolute atomic E-state index is 12.9. The van der Waals surface area contributed by atoms with E-state index in [4.69, 9.17) is 4.74 Å². The summed E-state index contributed by atoms with van der Waals surface area (Å²) < 4.78 is 5.19. The summed E-state index contributed by atoms with van der Waals surface area (Å²) in [5.74, 6) is 0.850. The fourth-order valence-corrected chi connectivity index (χ4v) is 3.98. The molecule has 1 saturated heterocycles. The predicted molar refractivity (Wildman–Crippen MR) is 115 cm³/mol. The highest BCUT2D eigenvalue weighted by Crippen LogP contribution is 2.29. The molecule has 0 aromatic heterocycles. The average molecular weight is 422 g/mol. The Morgan fingerprint density at radius 3 is 1.73 bits per heavy atom. The SMILES string of the molecule is COc1ccc(C(=O)N2CCN(C(c3ccccc3)c3ccccc3)CC2)cc1.[Cl-]. The number of nitrogens with zero attached hydrogens (tertiary/aromatic N) is 2. The van der Waals surface area contributed by atoms with Gasteiger partial charge in [0.25, 0.3) is 5.91 Å². The molecule has 4 rings (SSSR count). The van der Waals surface area contributed by atoms with Crippen LogP contribution in [0.2, 0.25) is 0 Å². The monoisotopic (exact) mass is 421 g/mol. The minimum atomic E-state index is 0. The van der Waals surface area contributed by atoms with Gasteiger partial charge in [0.05, 0.1) is 13.2 Å². The van der Waals surface area contributed by atoms with Crippen molar-refractivity contribution in [2.24, 2.45) is 0 Å². The van der Waals surface area contributed by atoms with Crippen LogP contribution in [0, 0.1) is 0 Å². The first-order valence-corrected chi connectivity index (χ1v) is 10.0. The predicted octanol–water partition coefficient (Wildman–Crippen LogP) is 1.25. The van der Waals surface area contributed by atoms with Gasteiger partial charge in [0, 0.05) is 31.7 Å². The molecule has 0 N–H and O–H groups in total. The van der Waals surface area contributed by atoms with Crippen molar-refractivity contribution in [3.05, 3.63) is 102 Å². The van der Waals surface area contributed by atoms with Crippen LogP contribution in [-0.4, -0.2) is 49.0 Å². The summed E-state index contributed by atoms with van der Waals surface area (Å²) >= 11 is 0. The van der Waals surface area contributed by atoms with Gasteiger partial charge in [-0.3, -0.25) is 9.69 Å². The van der Waals surface area contributed by atoms with Gasteiger partial charge in [-0.2, -0.15) is 0 Å². The van der Waals surface area contributed by atoms with Crippen molar-refractivity contribution in [2.75, 3.05) is 33.3 Å². The second-order valence-corrected chi connectivity index (χ2v) is 7.28. The minimum absolute atomic E-state index is 0. The molecule has 156 valence electrons. The van der Waals surface area contributed by atoms with Crippen LogP contribution in [0.15, 0.2) is 84.9 Å². The molecule has 0 spiro atoms. The molecule has 5 heteroatoms. The molecule has 3 aromatic rings. The number of methoxy groups -OCH3 is 1. The van der Waals surface area contributed by atoms with E-state index in [1.165, 1.54) is 11.1 Å². The molecule has 1 heterocycles. The zero-order valence-electron chi connectivity index (χ0n) is 17.1. The highest BCUT2D eigenvalue weighted by atomic mass is 35.5. The summed E-state index contributed by atoms with van der Waals surface area (Å²) in [7, 11) is 1.63. The van der Waals surface area contributed by atoms with Gasteiger partial charge in [-0.15, -0.1) is 0 Å². The lowest BCUT2D eigenvalue weighted by atomic mass is 9.96. The van der Waals surface area contributed by atoms with E-state index in [9.17, 15) is 4.79 Å². The molecule has 0 radical (unpaired) electrons. The molecule has 0 unspecified atom stereocenters. The maximum atomic E-state index is 12.9. The Bertz CT molecular complexity index is 885. The van der Waals surface area contributed by atoms with Gasteiger partial charge >= 0.3 is 0 Å². The summed E-state index contributed by atoms with van der Waals surface area (Å²) in [5, 5.41) is 0. The number of benzene rings is 3. The van der Waals surface area contributed by atoms with Crippen molar-refractivity contribution >= 4 is 5.91 Å². The molecule has 0 aliphatic carbocycles. The molecule has 0 bridgehead atoms. The average Bonchev–Trinajstić information content (AvgIpc) is 2.81. The summed E-state index contributed by atoms with van der Waals surface area (Å²) in [6.45, 7) is 3.13. The molecule has 1 fully saturated rings. The number of carbonyl (C=O) groups is 1. The van der Waals surface area contributed by atoms with E-state index in [0.717, 1.165) is 31.9 Å². The molecule has 1 amide bonds. The molecule has 4 nitrogen and oxygen atoms in total. The number of hydrogen-bond donors (Lipinski definition) is 0. The second-order valence-electron chi connectivity index (χ2n) is 7.28. The van der Waals surface area contributed by atoms with Crippen LogP contribution in [0.5, 0.6) is 5.75 Å². The van der Waals surface area contributed by atoms with Crippen molar-refractivity contribution in [3.63, 3.8) is 0 Å². The minimum Gasteiger partial charge on any atom is -1.00 e. The fourth-order valence-electron chi connectivity index (χ4n) is 3.98. The van der Waals surface area contributed by atoms with Crippen LogP contribution in [-0.2, 0) is 0 Å². The van der Waals surface area contributed by atoms with Crippen molar-refractivity contribution in [1.29, 1.82) is 0 Å². The third-order valence-corrected chi connectivity index (χ3v) is 5.53. The molecular formula is C25H26ClN2O2-. The Morgan fingerprint density at radius 2 is 1.27 bits per heavy atom. The summed E-state index contributed by atoms with van der Waals surface area (Å²) in [6.07, 6.45) is 0. The maximum Gasteiger partial charge on any atom is 0.253 e. The lowest BCUT2D eigenvalue weighted by Crippen LogP contribution is -3.00. The van der Waals surface area contributed by atoms with Crippen molar-refractivity contribution in [1.82, 2.24) is 9.80 Å². The van der Waals surface area contributed by atoms with Crippen LogP contribution in [0.25, 0.3) is 0 Å². The largest absolute Gasteiger partial charge is 1.00 e. The third-order valence-electron chi connectivity index (χ3n) is 5.53. The van der Waals surface area contributed by atoms with Gasteiger partial charge in [0.2, 0.25) is 0 Å². The molecule has 3 aromatic carbocycles. The summed E-state index contributed by atoms with van der Waals surface area (Å²) in [5.41, 5.74) is 3.28. The number of carbonyl (C=O) groups excluding carboxylic acids is 1. The van der Waals surface area contributed by atoms with Crippen LogP contribution < -0.4 is 17.1 Å². The molecule has 0 saturated carbocycles. The first-order valence-electron chi connectivity index (χ1n) is 10.0. The lowest BCUT2D eigenvalue weighted by Gasteiger charge is -2.39. The normalized spacial score (nSPS) is 14.3. The van der Waals surface area contributed by atoms with E-state index in [2.05, 4.69) is 65.6 Å². The lowest BCUT2D eigenvalue weighted by molar-refractivity contribution is -0.0000169. The van der Waals surface area contributed by atoms with Crippen molar-refractivity contribution in [3.8, 4) is 5.75 Å². The number of rotatable bonds is 5. The number of amides is 1. The fraction of sp³-hybridized carbons (Fsp3) is 0.240. The number of piperazine rings is 1. The highest BCUT2D eigenvalue weighted by Gasteiger charge is 2.28. The summed E-state index contributed by atoms with van der Waals surface area (Å²) in [4.78, 5) is 17.3. The van der Waals surface area contributed by atoms with Gasteiger partial charge in [0.1, 0.15) is 5.75 Å². The van der Waals surface area contributed by atoms with E-state index in [-0.39, 0.29) is 24.4 Å². The second kappa shape index (κ2) is 10.3. The zero-order chi connectivity index (χ0) is 20.1. The van der Waals surface area contributed by atoms with Crippen molar-refractivity contribution in [2.45, 2.75) is 6.04 Å². The summed E-state index contributed by atoms with van der Waals surface area (Å²) in [6, 6.07) is 28.8. The zero-order valence-corrected chi connectivity index (χ0v) is 17.8. The molecule has 30 heavy (non-hydrogen) atoms. The van der Waals surface area contributed by atoms with E-state index in [1.54, 1.807) is 7.11 Å². The van der Waals surface area contributed by atoms with Gasteiger partial charge in [-0.25, -0.2) is 0 Å². The van der Waals surface area contributed by atoms with E-state index >= 15 is 0 Å². The van der Waals surface area contributed by atoms with E-state index in [0.29, 0.717) is 5.56 Å². The standard InChI is InChI=1S/C25H26N2O2.ClH/c1-29-23-14-12-22(13-15-23)25(28)27-18-16-26(17-19-27)24(20-8-4-2-5-9-20)21-10-6-3-7-11-21;/h2-15,24H,16-19H2,1H3;1H/p-1. The molecule has 1 aliphatic heterocycles. The highest BCUT2D eigenvalue weighted by molar-refractivity contribution is 5.94. The number of halogens is 1. The Balaban J connectivity index is 0.00000256. The third kappa shape index (κ3) is 4.84. The molecule has 0 atom stereocenters. The van der Waals surface area contributed by atoms with Gasteiger partial charge in [-0.05, 0) is 35.4 Å². The van der Waals surface area contributed by atoms with E-state index < -0.39 is 0 Å². The van der Waals surface area contributed by atoms with E-state index in [1.807, 2.05) is 29.2 Å². The topological polar surface area (TPSA) is 32.8 Å². The van der Waals surface area contributed by atoms with Gasteiger partial charge in [-0.1, -0.05) is 60.7 Å². The molecular weight excluding hydrogens is 396 g/mol. The smallest absolute Gasteiger partial charge is 0.253 e. The first kappa shape index (κ1) is 21.9. The Morgan fingerprint density at radius 1 is 0.767 bits per heavy atom. The molecule has 1 aliphatic rings. The number of ether oxygens (including phenoxy) is 1. The Hall–Kier alpha value is -2.82. The Labute approximate surface area is 184 Å². The number of hydrogen-bond acceptors (Lipinski definition) is 3. The van der Waals surface area contributed by atoms with Crippen LogP contribution in [0.4, 0.5) is 0 Å². The van der Waals surface area contributed by atoms with Crippen molar-refractivity contribution < 1.29 is 21.9 Å². The Kier molecular flexibility index (Phi) is 7.50. The van der Waals surface area contributed by atoms with Crippen LogP contribution in [0.3, 0.4) is 0 Å².